The summed E-state index contributed by atoms with van der Waals surface area (Å²) in [5.74, 6) is -1.09. The van der Waals surface area contributed by atoms with Gasteiger partial charge in [0.25, 0.3) is 0 Å². The number of Topliss-reactive ketones (excluding diaryl/α,β-unsaturated/α-hetero) is 1. The van der Waals surface area contributed by atoms with Crippen LogP contribution in [0.1, 0.15) is 10.4 Å². The molecule has 0 saturated heterocycles. The van der Waals surface area contributed by atoms with Gasteiger partial charge in [-0.3, -0.25) is 4.79 Å². The van der Waals surface area contributed by atoms with Gasteiger partial charge in [-0.1, -0.05) is 0 Å². The van der Waals surface area contributed by atoms with E-state index >= 15 is 0 Å². The monoisotopic (exact) mass is 312 g/mol. The van der Waals surface area contributed by atoms with Gasteiger partial charge in [0.05, 0.1) is 7.11 Å². The van der Waals surface area contributed by atoms with Crippen LogP contribution in [-0.4, -0.2) is 42.8 Å². The number of hydrogen-bond donors (Lipinski definition) is 0. The fourth-order valence-corrected chi connectivity index (χ4v) is 1.47. The molecule has 1 rings (SSSR count). The van der Waals surface area contributed by atoms with E-state index in [9.17, 15) is 9.59 Å². The molecule has 96 valence electrons. The Morgan fingerprint density at radius 3 is 2.50 bits per heavy atom. The van der Waals surface area contributed by atoms with Gasteiger partial charge in [-0.05, 0) is 28.1 Å². The number of halogens is 1. The number of pyridine rings is 1. The number of methoxy groups -OCH3 is 1. The summed E-state index contributed by atoms with van der Waals surface area (Å²) < 4.78 is 5.22. The highest BCUT2D eigenvalue weighted by molar-refractivity contribution is 9.10. The molecule has 0 aromatic carbocycles. The fraction of sp³-hybridized carbons (Fsp3) is 0.250. The standard InChI is InChI=1S/C12H13BrN2O3/c1-15(2)7-9(12(17)18-3)11(16)8-4-5-10(13)14-6-8/h4-7H,1-3H3/b9-7-. The van der Waals surface area contributed by atoms with Gasteiger partial charge in [-0.2, -0.15) is 0 Å². The number of aromatic nitrogens is 1. The Balaban J connectivity index is 3.11. The zero-order valence-electron chi connectivity index (χ0n) is 10.3. The highest BCUT2D eigenvalue weighted by Gasteiger charge is 2.21. The van der Waals surface area contributed by atoms with E-state index in [1.54, 1.807) is 31.1 Å². The topological polar surface area (TPSA) is 59.5 Å². The quantitative estimate of drug-likeness (QED) is 0.211. The van der Waals surface area contributed by atoms with Crippen LogP contribution in [-0.2, 0) is 9.53 Å². The van der Waals surface area contributed by atoms with E-state index < -0.39 is 11.8 Å². The van der Waals surface area contributed by atoms with Crippen molar-refractivity contribution in [3.63, 3.8) is 0 Å². The van der Waals surface area contributed by atoms with E-state index in [4.69, 9.17) is 0 Å². The van der Waals surface area contributed by atoms with Gasteiger partial charge < -0.3 is 9.64 Å². The summed E-state index contributed by atoms with van der Waals surface area (Å²) in [7, 11) is 4.67. The van der Waals surface area contributed by atoms with Gasteiger partial charge in [0.2, 0.25) is 5.78 Å². The normalized spacial score (nSPS) is 11.0. The Bertz CT molecular complexity index is 481. The largest absolute Gasteiger partial charge is 0.465 e. The molecule has 0 amide bonds. The van der Waals surface area contributed by atoms with Gasteiger partial charge in [0, 0.05) is 32.1 Å². The minimum atomic E-state index is -0.670. The summed E-state index contributed by atoms with van der Waals surface area (Å²) in [4.78, 5) is 29.3. The molecule has 6 heteroatoms. The predicted octanol–water partition coefficient (Wildman–Crippen LogP) is 1.65. The first kappa shape index (κ1) is 14.4. The number of ketones is 1. The number of esters is 1. The minimum Gasteiger partial charge on any atom is -0.465 e. The molecule has 0 spiro atoms. The lowest BCUT2D eigenvalue weighted by molar-refractivity contribution is -0.135. The van der Waals surface area contributed by atoms with Crippen LogP contribution in [0.5, 0.6) is 0 Å². The molecule has 0 fully saturated rings. The number of carbonyl (C=O) groups excluding carboxylic acids is 2. The molecule has 0 radical (unpaired) electrons. The predicted molar refractivity (Wildman–Crippen MR) is 70.1 cm³/mol. The number of nitrogens with zero attached hydrogens (tertiary/aromatic N) is 2. The maximum Gasteiger partial charge on any atom is 0.343 e. The summed E-state index contributed by atoms with van der Waals surface area (Å²) >= 11 is 3.18. The van der Waals surface area contributed by atoms with Gasteiger partial charge in [0.1, 0.15) is 10.2 Å². The first-order chi connectivity index (χ1) is 8.45. The molecule has 0 N–H and O–H groups in total. The first-order valence-electron chi connectivity index (χ1n) is 5.08. The van der Waals surface area contributed by atoms with Crippen molar-refractivity contribution >= 4 is 27.7 Å². The zero-order valence-corrected chi connectivity index (χ0v) is 11.9. The van der Waals surface area contributed by atoms with E-state index in [0.29, 0.717) is 10.2 Å². The lowest BCUT2D eigenvalue weighted by Crippen LogP contribution is -2.18. The zero-order chi connectivity index (χ0) is 13.7. The molecule has 0 aliphatic heterocycles. The summed E-state index contributed by atoms with van der Waals surface area (Å²) in [5, 5.41) is 0. The number of ether oxygens (including phenoxy) is 1. The van der Waals surface area contributed by atoms with Crippen LogP contribution < -0.4 is 0 Å². The average Bonchev–Trinajstić information content (AvgIpc) is 2.35. The van der Waals surface area contributed by atoms with Crippen LogP contribution in [0, 0.1) is 0 Å². The molecular formula is C12H13BrN2O3. The molecule has 0 saturated carbocycles. The van der Waals surface area contributed by atoms with Gasteiger partial charge in [-0.15, -0.1) is 0 Å². The van der Waals surface area contributed by atoms with Gasteiger partial charge >= 0.3 is 5.97 Å². The lowest BCUT2D eigenvalue weighted by atomic mass is 10.1. The lowest BCUT2D eigenvalue weighted by Gasteiger charge is -2.09. The summed E-state index contributed by atoms with van der Waals surface area (Å²) in [6.45, 7) is 0. The summed E-state index contributed by atoms with van der Waals surface area (Å²) in [5.41, 5.74) is 0.295. The van der Waals surface area contributed by atoms with E-state index in [1.165, 1.54) is 19.5 Å². The Morgan fingerprint density at radius 2 is 2.06 bits per heavy atom. The molecular weight excluding hydrogens is 300 g/mol. The van der Waals surface area contributed by atoms with Crippen LogP contribution in [0.15, 0.2) is 34.7 Å². The molecule has 0 atom stereocenters. The Labute approximate surface area is 114 Å². The third-order valence-electron chi connectivity index (χ3n) is 2.03. The first-order valence-corrected chi connectivity index (χ1v) is 5.88. The Kier molecular flexibility index (Phi) is 5.03. The van der Waals surface area contributed by atoms with Crippen molar-refractivity contribution in [2.24, 2.45) is 0 Å². The second-order valence-corrected chi connectivity index (χ2v) is 4.51. The van der Waals surface area contributed by atoms with Gasteiger partial charge in [0.15, 0.2) is 0 Å². The van der Waals surface area contributed by atoms with Crippen molar-refractivity contribution < 1.29 is 14.3 Å². The molecule has 0 unspecified atom stereocenters. The van der Waals surface area contributed by atoms with E-state index in [1.807, 2.05) is 0 Å². The van der Waals surface area contributed by atoms with Crippen LogP contribution in [0.25, 0.3) is 0 Å². The Morgan fingerprint density at radius 1 is 1.39 bits per heavy atom. The van der Waals surface area contributed by atoms with Crippen LogP contribution in [0.2, 0.25) is 0 Å². The molecule has 5 nitrogen and oxygen atoms in total. The molecule has 1 heterocycles. The Hall–Kier alpha value is -1.69. The molecule has 18 heavy (non-hydrogen) atoms. The van der Waals surface area contributed by atoms with Crippen LogP contribution in [0.3, 0.4) is 0 Å². The van der Waals surface area contributed by atoms with Crippen molar-refractivity contribution in [3.05, 3.63) is 40.3 Å². The summed E-state index contributed by atoms with van der Waals surface area (Å²) in [6, 6.07) is 3.23. The fourth-order valence-electron chi connectivity index (χ4n) is 1.24. The van der Waals surface area contributed by atoms with E-state index in [-0.39, 0.29) is 5.57 Å². The number of rotatable bonds is 4. The molecule has 1 aromatic heterocycles. The molecule has 1 aromatic rings. The smallest absolute Gasteiger partial charge is 0.343 e. The third-order valence-corrected chi connectivity index (χ3v) is 2.50. The van der Waals surface area contributed by atoms with E-state index in [2.05, 4.69) is 25.7 Å². The molecule has 0 bridgehead atoms. The maximum absolute atomic E-state index is 12.1. The second kappa shape index (κ2) is 6.30. The van der Waals surface area contributed by atoms with Crippen LogP contribution >= 0.6 is 15.9 Å². The van der Waals surface area contributed by atoms with Crippen LogP contribution in [0.4, 0.5) is 0 Å². The third kappa shape index (κ3) is 3.66. The average molecular weight is 313 g/mol. The van der Waals surface area contributed by atoms with Crippen molar-refractivity contribution in [2.75, 3.05) is 21.2 Å². The highest BCUT2D eigenvalue weighted by Crippen LogP contribution is 2.12. The van der Waals surface area contributed by atoms with Crippen molar-refractivity contribution in [3.8, 4) is 0 Å². The highest BCUT2D eigenvalue weighted by atomic mass is 79.9. The number of carbonyl (C=O) groups is 2. The maximum atomic E-state index is 12.1. The minimum absolute atomic E-state index is 0.0355. The van der Waals surface area contributed by atoms with E-state index in [0.717, 1.165) is 0 Å². The van der Waals surface area contributed by atoms with Crippen molar-refractivity contribution in [1.29, 1.82) is 0 Å². The second-order valence-electron chi connectivity index (χ2n) is 3.70. The van der Waals surface area contributed by atoms with Crippen molar-refractivity contribution in [1.82, 2.24) is 9.88 Å². The molecule has 0 aliphatic carbocycles. The SMILES string of the molecule is COC(=O)/C(=C\N(C)C)C(=O)c1ccc(Br)nc1. The van der Waals surface area contributed by atoms with Crippen molar-refractivity contribution in [2.45, 2.75) is 0 Å². The molecule has 0 aliphatic rings. The summed E-state index contributed by atoms with van der Waals surface area (Å²) in [6.07, 6.45) is 2.83. The number of hydrogen-bond acceptors (Lipinski definition) is 5. The van der Waals surface area contributed by atoms with Gasteiger partial charge in [-0.25, -0.2) is 9.78 Å².